The van der Waals surface area contributed by atoms with Crippen molar-refractivity contribution >= 4 is 23.5 Å². The highest BCUT2D eigenvalue weighted by molar-refractivity contribution is 7.99. The summed E-state index contributed by atoms with van der Waals surface area (Å²) in [5.74, 6) is -0.482. The van der Waals surface area contributed by atoms with E-state index in [1.165, 1.54) is 31.9 Å². The molecule has 92 valence electrons. The second kappa shape index (κ2) is 6.39. The Morgan fingerprint density at radius 3 is 2.65 bits per heavy atom. The average Bonchev–Trinajstić information content (AvgIpc) is 2.30. The third kappa shape index (κ3) is 4.19. The Balaban J connectivity index is 2.60. The zero-order chi connectivity index (χ0) is 12.8. The molecule has 1 aromatic rings. The van der Waals surface area contributed by atoms with Crippen LogP contribution in [-0.2, 0) is 9.53 Å². The molecule has 0 atom stereocenters. The summed E-state index contributed by atoms with van der Waals surface area (Å²) < 4.78 is 18.0. The predicted octanol–water partition coefficient (Wildman–Crippen LogP) is 2.68. The molecule has 0 bridgehead atoms. The van der Waals surface area contributed by atoms with Gasteiger partial charge in [0, 0.05) is 16.2 Å². The molecule has 0 saturated carbocycles. The van der Waals surface area contributed by atoms with Crippen LogP contribution in [0.2, 0.25) is 0 Å². The lowest BCUT2D eigenvalue weighted by Gasteiger charge is -2.04. The number of halogens is 1. The first-order valence-electron chi connectivity index (χ1n) is 5.04. The standard InChI is InChI=1S/C12H13FO3S/c1-8(14)9-3-4-11(10(13)7-9)17-6-5-12(15)16-2/h3-4,7H,5-6H2,1-2H3. The Bertz CT molecular complexity index is 432. The Labute approximate surface area is 103 Å². The first-order valence-corrected chi connectivity index (χ1v) is 6.03. The van der Waals surface area contributed by atoms with Crippen LogP contribution in [0.3, 0.4) is 0 Å². The third-order valence-corrected chi connectivity index (χ3v) is 3.18. The van der Waals surface area contributed by atoms with Gasteiger partial charge in [-0.2, -0.15) is 0 Å². The van der Waals surface area contributed by atoms with Gasteiger partial charge < -0.3 is 4.74 Å². The smallest absolute Gasteiger partial charge is 0.306 e. The summed E-state index contributed by atoms with van der Waals surface area (Å²) in [4.78, 5) is 22.3. The van der Waals surface area contributed by atoms with Gasteiger partial charge in [0.25, 0.3) is 0 Å². The molecule has 0 spiro atoms. The molecule has 0 heterocycles. The monoisotopic (exact) mass is 256 g/mol. The van der Waals surface area contributed by atoms with Gasteiger partial charge in [0.1, 0.15) is 5.82 Å². The molecule has 0 unspecified atom stereocenters. The zero-order valence-corrected chi connectivity index (χ0v) is 10.5. The van der Waals surface area contributed by atoms with Crippen molar-refractivity contribution in [3.8, 4) is 0 Å². The van der Waals surface area contributed by atoms with Crippen LogP contribution in [0.15, 0.2) is 23.1 Å². The number of benzene rings is 1. The summed E-state index contributed by atoms with van der Waals surface area (Å²) in [7, 11) is 1.31. The Kier molecular flexibility index (Phi) is 5.15. The highest BCUT2D eigenvalue weighted by Gasteiger charge is 2.08. The zero-order valence-electron chi connectivity index (χ0n) is 9.66. The van der Waals surface area contributed by atoms with E-state index in [1.54, 1.807) is 12.1 Å². The van der Waals surface area contributed by atoms with Crippen LogP contribution >= 0.6 is 11.8 Å². The molecule has 1 rings (SSSR count). The summed E-state index contributed by atoms with van der Waals surface area (Å²) in [5.41, 5.74) is 0.347. The van der Waals surface area contributed by atoms with E-state index in [4.69, 9.17) is 0 Å². The van der Waals surface area contributed by atoms with E-state index in [9.17, 15) is 14.0 Å². The van der Waals surface area contributed by atoms with Crippen LogP contribution < -0.4 is 0 Å². The van der Waals surface area contributed by atoms with Crippen molar-refractivity contribution in [3.63, 3.8) is 0 Å². The van der Waals surface area contributed by atoms with E-state index in [0.29, 0.717) is 16.2 Å². The van der Waals surface area contributed by atoms with Crippen molar-refractivity contribution in [1.82, 2.24) is 0 Å². The highest BCUT2D eigenvalue weighted by Crippen LogP contribution is 2.23. The van der Waals surface area contributed by atoms with Crippen molar-refractivity contribution in [2.75, 3.05) is 12.9 Å². The van der Waals surface area contributed by atoms with Gasteiger partial charge in [0.2, 0.25) is 0 Å². The molecule has 0 saturated heterocycles. The minimum absolute atomic E-state index is 0.171. The topological polar surface area (TPSA) is 43.4 Å². The van der Waals surface area contributed by atoms with Crippen LogP contribution in [0.1, 0.15) is 23.7 Å². The number of thioether (sulfide) groups is 1. The van der Waals surface area contributed by atoms with E-state index < -0.39 is 5.82 Å². The van der Waals surface area contributed by atoms with Crippen molar-refractivity contribution in [2.24, 2.45) is 0 Å². The Morgan fingerprint density at radius 1 is 1.41 bits per heavy atom. The second-order valence-electron chi connectivity index (χ2n) is 3.38. The molecule has 5 heteroatoms. The normalized spacial score (nSPS) is 10.1. The number of ether oxygens (including phenoxy) is 1. The lowest BCUT2D eigenvalue weighted by atomic mass is 10.1. The summed E-state index contributed by atoms with van der Waals surface area (Å²) in [5, 5.41) is 0. The van der Waals surface area contributed by atoms with Gasteiger partial charge in [0.05, 0.1) is 13.5 Å². The number of ketones is 1. The lowest BCUT2D eigenvalue weighted by molar-refractivity contribution is -0.140. The summed E-state index contributed by atoms with van der Waals surface area (Å²) in [6.07, 6.45) is 0.231. The van der Waals surface area contributed by atoms with E-state index in [1.807, 2.05) is 0 Å². The van der Waals surface area contributed by atoms with Crippen LogP contribution in [0.25, 0.3) is 0 Å². The SMILES string of the molecule is COC(=O)CCSc1ccc(C(C)=O)cc1F. The predicted molar refractivity (Wildman–Crippen MR) is 63.8 cm³/mol. The van der Waals surface area contributed by atoms with Crippen LogP contribution in [0.5, 0.6) is 0 Å². The van der Waals surface area contributed by atoms with E-state index >= 15 is 0 Å². The number of Topliss-reactive ketones (excluding diaryl/α,β-unsaturated/α-hetero) is 1. The van der Waals surface area contributed by atoms with Crippen molar-refractivity contribution < 1.29 is 18.7 Å². The second-order valence-corrected chi connectivity index (χ2v) is 4.51. The lowest BCUT2D eigenvalue weighted by Crippen LogP contribution is -2.01. The third-order valence-electron chi connectivity index (χ3n) is 2.13. The number of hydrogen-bond acceptors (Lipinski definition) is 4. The molecular weight excluding hydrogens is 243 g/mol. The van der Waals surface area contributed by atoms with E-state index in [0.717, 1.165) is 0 Å². The van der Waals surface area contributed by atoms with Gasteiger partial charge in [-0.3, -0.25) is 9.59 Å². The van der Waals surface area contributed by atoms with Gasteiger partial charge in [-0.25, -0.2) is 4.39 Å². The molecule has 0 aliphatic heterocycles. The van der Waals surface area contributed by atoms with Crippen molar-refractivity contribution in [1.29, 1.82) is 0 Å². The average molecular weight is 256 g/mol. The molecule has 17 heavy (non-hydrogen) atoms. The largest absolute Gasteiger partial charge is 0.469 e. The molecule has 3 nitrogen and oxygen atoms in total. The van der Waals surface area contributed by atoms with E-state index in [-0.39, 0.29) is 18.2 Å². The molecular formula is C12H13FO3S. The summed E-state index contributed by atoms with van der Waals surface area (Å²) in [6, 6.07) is 4.34. The first kappa shape index (κ1) is 13.7. The summed E-state index contributed by atoms with van der Waals surface area (Å²) >= 11 is 1.22. The van der Waals surface area contributed by atoms with Crippen molar-refractivity contribution in [2.45, 2.75) is 18.2 Å². The minimum atomic E-state index is -0.437. The maximum atomic E-state index is 13.5. The number of rotatable bonds is 5. The number of hydrogen-bond donors (Lipinski definition) is 0. The van der Waals surface area contributed by atoms with Gasteiger partial charge in [-0.1, -0.05) is 6.07 Å². The van der Waals surface area contributed by atoms with Crippen LogP contribution in [0, 0.1) is 5.82 Å². The molecule has 1 aromatic carbocycles. The van der Waals surface area contributed by atoms with E-state index in [2.05, 4.69) is 4.74 Å². The fourth-order valence-electron chi connectivity index (χ4n) is 1.18. The maximum absolute atomic E-state index is 13.5. The van der Waals surface area contributed by atoms with Crippen molar-refractivity contribution in [3.05, 3.63) is 29.6 Å². The molecule has 0 aromatic heterocycles. The first-order chi connectivity index (χ1) is 8.04. The summed E-state index contributed by atoms with van der Waals surface area (Å²) in [6.45, 7) is 1.39. The number of carbonyl (C=O) groups is 2. The maximum Gasteiger partial charge on any atom is 0.306 e. The van der Waals surface area contributed by atoms with Gasteiger partial charge in [-0.05, 0) is 19.1 Å². The number of carbonyl (C=O) groups excluding carboxylic acids is 2. The minimum Gasteiger partial charge on any atom is -0.469 e. The number of esters is 1. The molecule has 0 amide bonds. The Hall–Kier alpha value is -1.36. The van der Waals surface area contributed by atoms with Gasteiger partial charge in [-0.15, -0.1) is 11.8 Å². The van der Waals surface area contributed by atoms with Gasteiger partial charge in [0.15, 0.2) is 5.78 Å². The van der Waals surface area contributed by atoms with Crippen LogP contribution in [0.4, 0.5) is 4.39 Å². The molecule has 0 aliphatic carbocycles. The highest BCUT2D eigenvalue weighted by atomic mass is 32.2. The quantitative estimate of drug-likeness (QED) is 0.461. The molecule has 0 fully saturated rings. The van der Waals surface area contributed by atoms with Gasteiger partial charge >= 0.3 is 5.97 Å². The Morgan fingerprint density at radius 2 is 2.12 bits per heavy atom. The fourth-order valence-corrected chi connectivity index (χ4v) is 2.03. The number of methoxy groups -OCH3 is 1. The van der Waals surface area contributed by atoms with Crippen LogP contribution in [-0.4, -0.2) is 24.6 Å². The molecule has 0 N–H and O–H groups in total. The molecule has 0 aliphatic rings. The fraction of sp³-hybridized carbons (Fsp3) is 0.333. The molecule has 0 radical (unpaired) electrons.